The summed E-state index contributed by atoms with van der Waals surface area (Å²) < 4.78 is 16.8. The molecule has 0 amide bonds. The molecule has 0 spiro atoms. The van der Waals surface area contributed by atoms with Crippen LogP contribution in [0.3, 0.4) is 0 Å². The molecule has 0 radical (unpaired) electrons. The van der Waals surface area contributed by atoms with E-state index in [0.29, 0.717) is 0 Å². The Morgan fingerprint density at radius 3 is 1.25 bits per heavy atom. The average molecular weight is 176 g/mol. The predicted octanol–water partition coefficient (Wildman–Crippen LogP) is 0.353. The van der Waals surface area contributed by atoms with Crippen LogP contribution in [0.5, 0.6) is 0 Å². The molecule has 0 aromatic carbocycles. The molecule has 0 N–H and O–H groups in total. The van der Waals surface area contributed by atoms with E-state index in [9.17, 15) is 0 Å². The zero-order chi connectivity index (χ0) is 2.71. The predicted molar refractivity (Wildman–Crippen MR) is 9.69 cm³/mol. The second kappa shape index (κ2) is 9.17. The van der Waals surface area contributed by atoms with Crippen LogP contribution < -0.4 is 0 Å². The Bertz CT molecular complexity index is 27.0. The van der Waals surface area contributed by atoms with E-state index in [1.165, 1.54) is 0 Å². The van der Waals surface area contributed by atoms with Crippen molar-refractivity contribution in [2.45, 2.75) is 0 Å². The van der Waals surface area contributed by atoms with Gasteiger partial charge in [0.2, 0.25) is 0 Å². The molecule has 4 heavy (non-hydrogen) atoms. The van der Waals surface area contributed by atoms with E-state index in [4.69, 9.17) is 9.13 Å². The van der Waals surface area contributed by atoms with Gasteiger partial charge in [0.25, 0.3) is 0 Å². The number of hydrogen-bond acceptors (Lipinski definition) is 2. The first kappa shape index (κ1) is 8.84. The largest absolute Gasteiger partial charge is 0.303 e. The van der Waals surface area contributed by atoms with Gasteiger partial charge >= 0.3 is 8.34 Å². The Balaban J connectivity index is 0. The monoisotopic (exact) mass is 178 g/mol. The zero-order valence-electron chi connectivity index (χ0n) is 2.02. The van der Waals surface area contributed by atoms with Crippen LogP contribution in [0.25, 0.3) is 0 Å². The minimum atomic E-state index is -1.42. The Morgan fingerprint density at radius 2 is 1.25 bits per heavy atom. The van der Waals surface area contributed by atoms with Gasteiger partial charge in [-0.15, -0.1) is 0 Å². The molecule has 0 aliphatic heterocycles. The van der Waals surface area contributed by atoms with Gasteiger partial charge in [0.05, 0.1) is 0 Å². The van der Waals surface area contributed by atoms with Crippen molar-refractivity contribution < 1.29 is 36.4 Å². The van der Waals surface area contributed by atoms with Crippen molar-refractivity contribution in [1.82, 2.24) is 0 Å². The molecule has 2 nitrogen and oxygen atoms in total. The Hall–Kier alpha value is 0.822. The molecule has 0 saturated heterocycles. The van der Waals surface area contributed by atoms with Crippen LogP contribution >= 0.6 is 8.34 Å². The molecule has 0 heterocycles. The third-order valence-electron chi connectivity index (χ3n) is 0. The number of rotatable bonds is 0. The summed E-state index contributed by atoms with van der Waals surface area (Å²) in [4.78, 5) is 0. The molecule has 0 aromatic rings. The molecule has 0 fully saturated rings. The molecule has 4 heteroatoms. The SMILES string of the molecule is O=[PH]=O.[Cd]. The third-order valence-corrected chi connectivity index (χ3v) is 0. The van der Waals surface area contributed by atoms with Gasteiger partial charge < -0.3 is 0 Å². The molecule has 20 valence electrons. The Labute approximate surface area is 45.0 Å². The van der Waals surface area contributed by atoms with Gasteiger partial charge in [-0.3, -0.25) is 0 Å². The van der Waals surface area contributed by atoms with Gasteiger partial charge in [0.1, 0.15) is 0 Å². The maximum Gasteiger partial charge on any atom is 0.303 e. The second-order valence-electron chi connectivity index (χ2n) is 0.0833. The molecule has 0 unspecified atom stereocenters. The third kappa shape index (κ3) is 13.9. The molecule has 0 aliphatic carbocycles. The fourth-order valence-corrected chi connectivity index (χ4v) is 0. The zero-order valence-corrected chi connectivity index (χ0v) is 7.06. The molecule has 0 atom stereocenters. The molecule has 0 saturated carbocycles. The molecular weight excluding hydrogens is 175 g/mol. The van der Waals surface area contributed by atoms with E-state index < -0.39 is 8.34 Å². The van der Waals surface area contributed by atoms with Gasteiger partial charge in [-0.05, 0) is 0 Å². The molecule has 0 bridgehead atoms. The van der Waals surface area contributed by atoms with Crippen molar-refractivity contribution in [2.24, 2.45) is 0 Å². The fourth-order valence-electron chi connectivity index (χ4n) is 0. The van der Waals surface area contributed by atoms with Crippen molar-refractivity contribution in [3.63, 3.8) is 0 Å². The first-order chi connectivity index (χ1) is 1.41. The van der Waals surface area contributed by atoms with E-state index >= 15 is 0 Å². The molecule has 0 aromatic heterocycles. The van der Waals surface area contributed by atoms with Gasteiger partial charge in [-0.2, -0.15) is 0 Å². The summed E-state index contributed by atoms with van der Waals surface area (Å²) in [5.41, 5.74) is 0. The van der Waals surface area contributed by atoms with Crippen LogP contribution in [0.1, 0.15) is 0 Å². The van der Waals surface area contributed by atoms with Crippen LogP contribution in [0.2, 0.25) is 0 Å². The summed E-state index contributed by atoms with van der Waals surface area (Å²) in [6.07, 6.45) is 0. The van der Waals surface area contributed by atoms with Crippen LogP contribution in [-0.4, -0.2) is 0 Å². The van der Waals surface area contributed by atoms with Crippen molar-refractivity contribution in [3.05, 3.63) is 0 Å². The van der Waals surface area contributed by atoms with E-state index in [1.54, 1.807) is 0 Å². The van der Waals surface area contributed by atoms with Gasteiger partial charge in [-0.25, -0.2) is 9.13 Å². The molecule has 0 rings (SSSR count). The maximum atomic E-state index is 8.40. The fraction of sp³-hybridized carbons (Fsp3) is 0. The van der Waals surface area contributed by atoms with Crippen molar-refractivity contribution in [3.8, 4) is 0 Å². The maximum absolute atomic E-state index is 8.40. The van der Waals surface area contributed by atoms with Crippen molar-refractivity contribution in [1.29, 1.82) is 0 Å². The smallest absolute Gasteiger partial charge is 0.241 e. The van der Waals surface area contributed by atoms with Crippen molar-refractivity contribution in [2.75, 3.05) is 0 Å². The van der Waals surface area contributed by atoms with E-state index in [1.807, 2.05) is 0 Å². The van der Waals surface area contributed by atoms with Gasteiger partial charge in [0.15, 0.2) is 0 Å². The van der Waals surface area contributed by atoms with Crippen LogP contribution in [0.4, 0.5) is 0 Å². The topological polar surface area (TPSA) is 34.1 Å². The first-order valence-electron chi connectivity index (χ1n) is 0.408. The minimum Gasteiger partial charge on any atom is -0.241 e. The average Bonchev–Trinajstić information content (AvgIpc) is 0.918. The summed E-state index contributed by atoms with van der Waals surface area (Å²) >= 11 is 0. The van der Waals surface area contributed by atoms with Gasteiger partial charge in [-0.1, -0.05) is 0 Å². The Morgan fingerprint density at radius 1 is 1.25 bits per heavy atom. The normalized spacial score (nSPS) is 3.00. The standard InChI is InChI=1S/Cd.HO2P/c;1-3-2/h;3H. The molecular formula is HCdO2P. The van der Waals surface area contributed by atoms with E-state index in [0.717, 1.165) is 0 Å². The summed E-state index contributed by atoms with van der Waals surface area (Å²) in [5.74, 6) is 0. The van der Waals surface area contributed by atoms with Gasteiger partial charge in [0, 0.05) is 27.3 Å². The summed E-state index contributed by atoms with van der Waals surface area (Å²) in [6.45, 7) is 0. The van der Waals surface area contributed by atoms with E-state index in [2.05, 4.69) is 0 Å². The first-order valence-corrected chi connectivity index (χ1v) is 1.22. The van der Waals surface area contributed by atoms with Crippen LogP contribution in [-0.2, 0) is 36.4 Å². The van der Waals surface area contributed by atoms with Crippen LogP contribution in [0.15, 0.2) is 0 Å². The van der Waals surface area contributed by atoms with Crippen molar-refractivity contribution >= 4 is 8.34 Å². The summed E-state index contributed by atoms with van der Waals surface area (Å²) in [5, 5.41) is 0. The quantitative estimate of drug-likeness (QED) is 0.394. The summed E-state index contributed by atoms with van der Waals surface area (Å²) in [6, 6.07) is 0. The minimum absolute atomic E-state index is 0. The number of hydrogen-bond donors (Lipinski definition) is 0. The van der Waals surface area contributed by atoms with Crippen LogP contribution in [0, 0.1) is 0 Å². The second-order valence-corrected chi connectivity index (χ2v) is 0.250. The molecule has 0 aliphatic rings. The Kier molecular flexibility index (Phi) is 20.3. The summed E-state index contributed by atoms with van der Waals surface area (Å²) in [7, 11) is -1.42. The van der Waals surface area contributed by atoms with E-state index in [-0.39, 0.29) is 27.3 Å².